The van der Waals surface area contributed by atoms with Crippen molar-refractivity contribution in [2.45, 2.75) is 6.54 Å². The summed E-state index contributed by atoms with van der Waals surface area (Å²) in [5.74, 6) is -0.281. The summed E-state index contributed by atoms with van der Waals surface area (Å²) in [7, 11) is 3.90. The second-order valence-corrected chi connectivity index (χ2v) is 4.83. The van der Waals surface area contributed by atoms with Gasteiger partial charge in [-0.05, 0) is 20.2 Å². The molecular weight excluding hydrogens is 262 g/mol. The van der Waals surface area contributed by atoms with Gasteiger partial charge in [-0.2, -0.15) is 5.10 Å². The number of benzene rings is 1. The van der Waals surface area contributed by atoms with Crippen LogP contribution in [-0.4, -0.2) is 40.6 Å². The first-order valence-corrected chi connectivity index (χ1v) is 6.53. The van der Waals surface area contributed by atoms with Gasteiger partial charge in [0.05, 0.1) is 11.4 Å². The van der Waals surface area contributed by atoms with Gasteiger partial charge >= 0.3 is 0 Å². The Labute approximate surface area is 117 Å². The Balaban J connectivity index is 2.42. The summed E-state index contributed by atoms with van der Waals surface area (Å²) >= 11 is 5.63. The predicted molar refractivity (Wildman–Crippen MR) is 76.4 cm³/mol. The molecule has 0 radical (unpaired) electrons. The van der Waals surface area contributed by atoms with Gasteiger partial charge in [-0.3, -0.25) is 4.79 Å². The molecule has 100 valence electrons. The molecule has 1 aromatic carbocycles. The van der Waals surface area contributed by atoms with Crippen molar-refractivity contribution in [2.75, 3.05) is 20.0 Å². The summed E-state index contributed by atoms with van der Waals surface area (Å²) in [5.41, 5.74) is 2.62. The van der Waals surface area contributed by atoms with E-state index in [2.05, 4.69) is 5.10 Å². The van der Waals surface area contributed by atoms with Crippen LogP contribution in [0.25, 0.3) is 11.3 Å². The third kappa shape index (κ3) is 3.22. The summed E-state index contributed by atoms with van der Waals surface area (Å²) in [5, 5.41) is 4.36. The first-order chi connectivity index (χ1) is 9.11. The zero-order valence-corrected chi connectivity index (χ0v) is 11.8. The Kier molecular flexibility index (Phi) is 4.35. The van der Waals surface area contributed by atoms with Gasteiger partial charge < -0.3 is 4.90 Å². The van der Waals surface area contributed by atoms with Crippen LogP contribution in [-0.2, 0) is 6.54 Å². The highest BCUT2D eigenvalue weighted by Gasteiger charge is 2.14. The Morgan fingerprint density at radius 3 is 2.58 bits per heavy atom. The second kappa shape index (κ2) is 5.99. The van der Waals surface area contributed by atoms with E-state index in [4.69, 9.17) is 11.6 Å². The Morgan fingerprint density at radius 2 is 2.00 bits per heavy atom. The van der Waals surface area contributed by atoms with Crippen molar-refractivity contribution in [1.82, 2.24) is 14.7 Å². The molecule has 19 heavy (non-hydrogen) atoms. The van der Waals surface area contributed by atoms with E-state index in [9.17, 15) is 4.79 Å². The topological polar surface area (TPSA) is 38.1 Å². The molecule has 0 amide bonds. The summed E-state index contributed by atoms with van der Waals surface area (Å²) in [6.45, 7) is 0.641. The Morgan fingerprint density at radius 1 is 1.32 bits per heavy atom. The van der Waals surface area contributed by atoms with Crippen molar-refractivity contribution in [3.05, 3.63) is 42.1 Å². The molecule has 0 unspecified atom stereocenters. The summed E-state index contributed by atoms with van der Waals surface area (Å²) in [4.78, 5) is 13.8. The number of alkyl halides is 1. The molecular formula is C14H16ClN3O. The zero-order valence-electron chi connectivity index (χ0n) is 11.0. The van der Waals surface area contributed by atoms with Gasteiger partial charge in [0.15, 0.2) is 0 Å². The number of hydrogen-bond acceptors (Lipinski definition) is 3. The van der Waals surface area contributed by atoms with Crippen LogP contribution in [0.3, 0.4) is 0 Å². The molecule has 0 aliphatic heterocycles. The van der Waals surface area contributed by atoms with Gasteiger partial charge in [-0.25, -0.2) is 4.68 Å². The summed E-state index contributed by atoms with van der Waals surface area (Å²) < 4.78 is 1.40. The minimum absolute atomic E-state index is 0.0731. The van der Waals surface area contributed by atoms with E-state index in [0.717, 1.165) is 17.0 Å². The lowest BCUT2D eigenvalue weighted by Crippen LogP contribution is -2.21. The standard InChI is InChI=1S/C14H16ClN3O/c1-17(2)10-12-8-13(11-6-4-3-5-7-11)16-18(12)14(19)9-15/h3-8H,9-10H2,1-2H3. The lowest BCUT2D eigenvalue weighted by molar-refractivity contribution is 0.0919. The quantitative estimate of drug-likeness (QED) is 0.806. The molecule has 2 rings (SSSR count). The van der Waals surface area contributed by atoms with Gasteiger partial charge in [-0.15, -0.1) is 11.6 Å². The lowest BCUT2D eigenvalue weighted by atomic mass is 10.1. The number of rotatable bonds is 4. The van der Waals surface area contributed by atoms with E-state index in [1.807, 2.05) is 55.4 Å². The highest BCUT2D eigenvalue weighted by Crippen LogP contribution is 2.19. The highest BCUT2D eigenvalue weighted by molar-refractivity contribution is 6.27. The number of hydrogen-bond donors (Lipinski definition) is 0. The molecule has 0 aliphatic carbocycles. The molecule has 0 saturated carbocycles. The van der Waals surface area contributed by atoms with Crippen LogP contribution in [0.1, 0.15) is 10.5 Å². The third-order valence-corrected chi connectivity index (χ3v) is 2.91. The number of aromatic nitrogens is 2. The van der Waals surface area contributed by atoms with Crippen LogP contribution >= 0.6 is 11.6 Å². The average Bonchev–Trinajstić information content (AvgIpc) is 2.82. The second-order valence-electron chi connectivity index (χ2n) is 4.56. The van der Waals surface area contributed by atoms with E-state index in [0.29, 0.717) is 6.54 Å². The number of carbonyl (C=O) groups is 1. The van der Waals surface area contributed by atoms with Crippen molar-refractivity contribution >= 4 is 17.5 Å². The predicted octanol–water partition coefficient (Wildman–Crippen LogP) is 2.49. The van der Waals surface area contributed by atoms with Gasteiger partial charge in [-0.1, -0.05) is 30.3 Å². The van der Waals surface area contributed by atoms with Crippen LogP contribution in [0.5, 0.6) is 0 Å². The van der Waals surface area contributed by atoms with E-state index >= 15 is 0 Å². The first kappa shape index (κ1) is 13.8. The summed E-state index contributed by atoms with van der Waals surface area (Å²) in [6.07, 6.45) is 0. The van der Waals surface area contributed by atoms with Crippen LogP contribution in [0.15, 0.2) is 36.4 Å². The summed E-state index contributed by atoms with van der Waals surface area (Å²) in [6, 6.07) is 11.7. The van der Waals surface area contributed by atoms with Crippen LogP contribution in [0.4, 0.5) is 0 Å². The fourth-order valence-corrected chi connectivity index (χ4v) is 1.99. The smallest absolute Gasteiger partial charge is 0.262 e. The lowest BCUT2D eigenvalue weighted by Gasteiger charge is -2.09. The minimum atomic E-state index is -0.208. The maximum atomic E-state index is 11.8. The zero-order chi connectivity index (χ0) is 13.8. The van der Waals surface area contributed by atoms with E-state index in [1.54, 1.807) is 0 Å². The molecule has 1 heterocycles. The third-order valence-electron chi connectivity index (χ3n) is 2.68. The monoisotopic (exact) mass is 277 g/mol. The molecule has 4 nitrogen and oxygen atoms in total. The van der Waals surface area contributed by atoms with Gasteiger partial charge in [0.2, 0.25) is 0 Å². The average molecular weight is 278 g/mol. The maximum absolute atomic E-state index is 11.8. The molecule has 0 spiro atoms. The molecule has 0 bridgehead atoms. The fraction of sp³-hybridized carbons (Fsp3) is 0.286. The first-order valence-electron chi connectivity index (χ1n) is 6.00. The van der Waals surface area contributed by atoms with Gasteiger partial charge in [0.25, 0.3) is 5.91 Å². The van der Waals surface area contributed by atoms with E-state index < -0.39 is 0 Å². The normalized spacial score (nSPS) is 10.9. The van der Waals surface area contributed by atoms with Gasteiger partial charge in [0, 0.05) is 12.1 Å². The largest absolute Gasteiger partial charge is 0.304 e. The Hall–Kier alpha value is -1.65. The molecule has 5 heteroatoms. The Bertz CT molecular complexity index is 563. The molecule has 0 N–H and O–H groups in total. The van der Waals surface area contributed by atoms with Crippen molar-refractivity contribution in [3.63, 3.8) is 0 Å². The van der Waals surface area contributed by atoms with Crippen LogP contribution in [0, 0.1) is 0 Å². The van der Waals surface area contributed by atoms with Gasteiger partial charge in [0.1, 0.15) is 5.88 Å². The molecule has 0 fully saturated rings. The number of halogens is 1. The number of carbonyl (C=O) groups excluding carboxylic acids is 1. The molecule has 0 saturated heterocycles. The number of nitrogens with zero attached hydrogens (tertiary/aromatic N) is 3. The molecule has 2 aromatic rings. The van der Waals surface area contributed by atoms with Crippen molar-refractivity contribution in [2.24, 2.45) is 0 Å². The van der Waals surface area contributed by atoms with Crippen LogP contribution in [0.2, 0.25) is 0 Å². The maximum Gasteiger partial charge on any atom is 0.262 e. The minimum Gasteiger partial charge on any atom is -0.304 e. The van der Waals surface area contributed by atoms with Crippen molar-refractivity contribution in [1.29, 1.82) is 0 Å². The van der Waals surface area contributed by atoms with E-state index in [1.165, 1.54) is 4.68 Å². The highest BCUT2D eigenvalue weighted by atomic mass is 35.5. The van der Waals surface area contributed by atoms with Crippen molar-refractivity contribution in [3.8, 4) is 11.3 Å². The van der Waals surface area contributed by atoms with Crippen LogP contribution < -0.4 is 0 Å². The fourth-order valence-electron chi connectivity index (χ4n) is 1.88. The molecule has 1 aromatic heterocycles. The SMILES string of the molecule is CN(C)Cc1cc(-c2ccccc2)nn1C(=O)CCl. The van der Waals surface area contributed by atoms with Crippen molar-refractivity contribution < 1.29 is 4.79 Å². The molecule has 0 atom stereocenters. The van der Waals surface area contributed by atoms with E-state index in [-0.39, 0.29) is 11.8 Å². The molecule has 0 aliphatic rings.